The molecule has 1 aromatic heterocycles. The molecular weight excluding hydrogens is 457 g/mol. The van der Waals surface area contributed by atoms with Crippen LogP contribution >= 0.6 is 0 Å². The molecule has 2 aromatic carbocycles. The molecule has 4 rings (SSSR count). The normalized spacial score (nSPS) is 16.6. The maximum atomic E-state index is 13.8. The van der Waals surface area contributed by atoms with Crippen LogP contribution in [-0.4, -0.2) is 48.4 Å². The summed E-state index contributed by atoms with van der Waals surface area (Å²) in [6.07, 6.45) is -0.710. The van der Waals surface area contributed by atoms with Gasteiger partial charge in [0, 0.05) is 37.8 Å². The predicted molar refractivity (Wildman–Crippen MR) is 129 cm³/mol. The Labute approximate surface area is 201 Å². The third kappa shape index (κ3) is 5.39. The van der Waals surface area contributed by atoms with E-state index < -0.39 is 17.8 Å². The minimum Gasteiger partial charge on any atom is -0.386 e. The summed E-state index contributed by atoms with van der Waals surface area (Å²) in [6.45, 7) is 0.864. The number of para-hydroxylation sites is 1. The summed E-state index contributed by atoms with van der Waals surface area (Å²) in [4.78, 5) is 32.3. The molecule has 1 atom stereocenters. The van der Waals surface area contributed by atoms with Crippen molar-refractivity contribution in [1.82, 2.24) is 9.88 Å². The second kappa shape index (κ2) is 10.3. The van der Waals surface area contributed by atoms with E-state index in [4.69, 9.17) is 0 Å². The summed E-state index contributed by atoms with van der Waals surface area (Å²) in [5.41, 5.74) is 0.931. The lowest BCUT2D eigenvalue weighted by Gasteiger charge is -2.31. The number of pyridine rings is 1. The molecule has 1 unspecified atom stereocenters. The minimum absolute atomic E-state index is 0.0434. The van der Waals surface area contributed by atoms with Crippen molar-refractivity contribution < 1.29 is 22.8 Å². The van der Waals surface area contributed by atoms with Crippen molar-refractivity contribution in [3.8, 4) is 0 Å². The van der Waals surface area contributed by atoms with E-state index in [9.17, 15) is 22.8 Å². The average Bonchev–Trinajstić information content (AvgIpc) is 3.10. The molecule has 184 valence electrons. The summed E-state index contributed by atoms with van der Waals surface area (Å²) in [5.74, 6) is -0.0434. The molecule has 2 amide bonds. The molecular formula is C26H27F3N4O2. The molecule has 6 nitrogen and oxygen atoms in total. The van der Waals surface area contributed by atoms with Crippen LogP contribution in [0, 0.1) is 0 Å². The first-order chi connectivity index (χ1) is 16.8. The van der Waals surface area contributed by atoms with Crippen LogP contribution in [0.4, 0.5) is 24.5 Å². The number of aromatic nitrogens is 1. The lowest BCUT2D eigenvalue weighted by molar-refractivity contribution is -0.137. The second-order valence-corrected chi connectivity index (χ2v) is 8.63. The van der Waals surface area contributed by atoms with Gasteiger partial charge in [0.1, 0.15) is 0 Å². The van der Waals surface area contributed by atoms with Crippen LogP contribution < -0.4 is 10.2 Å². The fraction of sp³-hybridized carbons (Fsp3) is 0.346. The van der Waals surface area contributed by atoms with Gasteiger partial charge in [0.2, 0.25) is 12.3 Å². The van der Waals surface area contributed by atoms with Crippen molar-refractivity contribution in [3.63, 3.8) is 0 Å². The number of rotatable bonds is 6. The second-order valence-electron chi connectivity index (χ2n) is 8.63. The van der Waals surface area contributed by atoms with Crippen LogP contribution in [0.3, 0.4) is 0 Å². The van der Waals surface area contributed by atoms with Crippen LogP contribution in [0.2, 0.25) is 0 Å². The molecule has 0 spiro atoms. The Morgan fingerprint density at radius 2 is 2.00 bits per heavy atom. The van der Waals surface area contributed by atoms with Crippen LogP contribution in [0.25, 0.3) is 10.9 Å². The number of carbonyl (C=O) groups excluding carboxylic acids is 2. The number of likely N-dealkylation sites (tertiary alicyclic amines) is 1. The molecule has 1 saturated heterocycles. The standard InChI is InChI=1S/C26H27F3N4O2/c1-30-23-8-2-7-21(26(27,28)29)25(23)33(17-34)20-6-4-13-32(14-11-20)24(35)16-18-9-10-22-19(15-18)5-3-12-31-22/h2-3,5,7-10,12,15,17,20,30H,4,6,11,13-14,16H2,1H3. The molecule has 0 bridgehead atoms. The fourth-order valence-electron chi connectivity index (χ4n) is 4.70. The van der Waals surface area contributed by atoms with E-state index in [-0.39, 0.29) is 23.7 Å². The SMILES string of the molecule is CNc1cccc(C(F)(F)F)c1N(C=O)C1CCCN(C(=O)Cc2ccc3ncccc3c2)CC1. The highest BCUT2D eigenvalue weighted by atomic mass is 19.4. The van der Waals surface area contributed by atoms with Gasteiger partial charge < -0.3 is 15.1 Å². The van der Waals surface area contributed by atoms with Gasteiger partial charge in [-0.3, -0.25) is 14.6 Å². The number of hydrogen-bond acceptors (Lipinski definition) is 4. The quantitative estimate of drug-likeness (QED) is 0.507. The summed E-state index contributed by atoms with van der Waals surface area (Å²) >= 11 is 0. The first kappa shape index (κ1) is 24.5. The minimum atomic E-state index is -4.61. The number of nitrogens with zero attached hydrogens (tertiary/aromatic N) is 3. The molecule has 1 fully saturated rings. The summed E-state index contributed by atoms with van der Waals surface area (Å²) in [5, 5.41) is 3.73. The first-order valence-corrected chi connectivity index (χ1v) is 11.5. The molecule has 35 heavy (non-hydrogen) atoms. The molecule has 3 aromatic rings. The number of benzene rings is 2. The monoisotopic (exact) mass is 484 g/mol. The Bertz CT molecular complexity index is 1210. The van der Waals surface area contributed by atoms with E-state index in [1.165, 1.54) is 24.1 Å². The van der Waals surface area contributed by atoms with E-state index in [0.29, 0.717) is 38.8 Å². The number of carbonyl (C=O) groups is 2. The topological polar surface area (TPSA) is 65.5 Å². The zero-order valence-electron chi connectivity index (χ0n) is 19.4. The van der Waals surface area contributed by atoms with Crippen LogP contribution in [0.15, 0.2) is 54.7 Å². The maximum Gasteiger partial charge on any atom is 0.418 e. The van der Waals surface area contributed by atoms with Crippen molar-refractivity contribution in [2.75, 3.05) is 30.4 Å². The van der Waals surface area contributed by atoms with Crippen molar-refractivity contribution in [2.45, 2.75) is 37.9 Å². The van der Waals surface area contributed by atoms with Crippen molar-refractivity contribution >= 4 is 34.6 Å². The Morgan fingerprint density at radius 3 is 2.74 bits per heavy atom. The Kier molecular flexibility index (Phi) is 7.23. The summed E-state index contributed by atoms with van der Waals surface area (Å²) in [7, 11) is 1.53. The van der Waals surface area contributed by atoms with Gasteiger partial charge in [-0.25, -0.2) is 0 Å². The number of anilines is 2. The number of hydrogen-bond donors (Lipinski definition) is 1. The molecule has 1 N–H and O–H groups in total. The highest BCUT2D eigenvalue weighted by Crippen LogP contribution is 2.42. The maximum absolute atomic E-state index is 13.8. The van der Waals surface area contributed by atoms with E-state index in [0.717, 1.165) is 22.5 Å². The Hall–Kier alpha value is -3.62. The Balaban J connectivity index is 1.50. The van der Waals surface area contributed by atoms with Crippen LogP contribution in [-0.2, 0) is 22.2 Å². The molecule has 1 aliphatic rings. The average molecular weight is 485 g/mol. The largest absolute Gasteiger partial charge is 0.418 e. The zero-order valence-corrected chi connectivity index (χ0v) is 19.4. The predicted octanol–water partition coefficient (Wildman–Crippen LogP) is 4.88. The summed E-state index contributed by atoms with van der Waals surface area (Å²) in [6, 6.07) is 12.9. The number of amides is 2. The fourth-order valence-corrected chi connectivity index (χ4v) is 4.70. The van der Waals surface area contributed by atoms with E-state index >= 15 is 0 Å². The molecule has 2 heterocycles. The third-order valence-electron chi connectivity index (χ3n) is 6.45. The van der Waals surface area contributed by atoms with Gasteiger partial charge in [-0.05, 0) is 55.2 Å². The highest BCUT2D eigenvalue weighted by molar-refractivity contribution is 5.87. The number of nitrogens with one attached hydrogen (secondary N) is 1. The molecule has 9 heteroatoms. The smallest absolute Gasteiger partial charge is 0.386 e. The lowest BCUT2D eigenvalue weighted by Crippen LogP contribution is -2.38. The Morgan fingerprint density at radius 1 is 1.17 bits per heavy atom. The van der Waals surface area contributed by atoms with Crippen molar-refractivity contribution in [1.29, 1.82) is 0 Å². The van der Waals surface area contributed by atoms with E-state index in [2.05, 4.69) is 10.3 Å². The van der Waals surface area contributed by atoms with Gasteiger partial charge in [-0.15, -0.1) is 0 Å². The van der Waals surface area contributed by atoms with E-state index in [1.807, 2.05) is 30.3 Å². The van der Waals surface area contributed by atoms with E-state index in [1.54, 1.807) is 11.1 Å². The molecule has 0 radical (unpaired) electrons. The van der Waals surface area contributed by atoms with Gasteiger partial charge in [0.25, 0.3) is 0 Å². The van der Waals surface area contributed by atoms with Crippen molar-refractivity contribution in [3.05, 3.63) is 65.9 Å². The van der Waals surface area contributed by atoms with Gasteiger partial charge in [0.15, 0.2) is 0 Å². The summed E-state index contributed by atoms with van der Waals surface area (Å²) < 4.78 is 41.3. The van der Waals surface area contributed by atoms with Crippen LogP contribution in [0.1, 0.15) is 30.4 Å². The third-order valence-corrected chi connectivity index (χ3v) is 6.45. The molecule has 0 saturated carbocycles. The van der Waals surface area contributed by atoms with Crippen molar-refractivity contribution in [2.24, 2.45) is 0 Å². The van der Waals surface area contributed by atoms with Gasteiger partial charge in [0.05, 0.1) is 28.9 Å². The number of fused-ring (bicyclic) bond motifs is 1. The number of halogens is 3. The van der Waals surface area contributed by atoms with Gasteiger partial charge >= 0.3 is 6.18 Å². The van der Waals surface area contributed by atoms with Crippen LogP contribution in [0.5, 0.6) is 0 Å². The zero-order chi connectivity index (χ0) is 25.0. The highest BCUT2D eigenvalue weighted by Gasteiger charge is 2.38. The lowest BCUT2D eigenvalue weighted by atomic mass is 10.0. The molecule has 1 aliphatic heterocycles. The van der Waals surface area contributed by atoms with Gasteiger partial charge in [-0.1, -0.05) is 18.2 Å². The number of alkyl halides is 3. The first-order valence-electron chi connectivity index (χ1n) is 11.5. The van der Waals surface area contributed by atoms with Gasteiger partial charge in [-0.2, -0.15) is 13.2 Å². The molecule has 0 aliphatic carbocycles.